The summed E-state index contributed by atoms with van der Waals surface area (Å²) in [7, 11) is 0. The Labute approximate surface area is 85.6 Å². The second-order valence-corrected chi connectivity index (χ2v) is 3.04. The molecule has 0 atom stereocenters. The van der Waals surface area contributed by atoms with Crippen molar-refractivity contribution in [3.05, 3.63) is 12.1 Å². The first-order valence-electron chi connectivity index (χ1n) is 4.57. The van der Waals surface area contributed by atoms with Crippen LogP contribution in [-0.4, -0.2) is 28.6 Å². The largest absolute Gasteiger partial charge is 0.491 e. The van der Waals surface area contributed by atoms with Crippen molar-refractivity contribution in [2.45, 2.75) is 6.42 Å². The third kappa shape index (κ3) is 1.84. The Morgan fingerprint density at radius 2 is 2.13 bits per heavy atom. The average Bonchev–Trinajstić information content (AvgIpc) is 2.71. The second kappa shape index (κ2) is 4.14. The van der Waals surface area contributed by atoms with Crippen molar-refractivity contribution in [1.29, 1.82) is 0 Å². The molecule has 0 unspecified atom stereocenters. The highest BCUT2D eigenvalue weighted by molar-refractivity contribution is 5.90. The van der Waals surface area contributed by atoms with Crippen LogP contribution in [0.4, 0.5) is 5.69 Å². The summed E-state index contributed by atoms with van der Waals surface area (Å²) in [6.45, 7) is 0.511. The lowest BCUT2D eigenvalue weighted by Gasteiger charge is -2.04. The van der Waals surface area contributed by atoms with Crippen molar-refractivity contribution >= 4 is 16.7 Å². The fourth-order valence-corrected chi connectivity index (χ4v) is 1.23. The molecular formula is C9H11N3O3. The fraction of sp³-hybridized carbons (Fsp3) is 0.333. The average molecular weight is 209 g/mol. The predicted molar refractivity (Wildman–Crippen MR) is 53.4 cm³/mol. The molecule has 1 heterocycles. The third-order valence-electron chi connectivity index (χ3n) is 1.97. The number of hydrogen-bond donors (Lipinski definition) is 2. The van der Waals surface area contributed by atoms with E-state index in [1.807, 2.05) is 0 Å². The molecule has 0 aliphatic rings. The molecule has 1 aromatic carbocycles. The van der Waals surface area contributed by atoms with Crippen LogP contribution in [0, 0.1) is 0 Å². The van der Waals surface area contributed by atoms with Crippen LogP contribution in [0.25, 0.3) is 11.0 Å². The number of anilines is 1. The number of aromatic nitrogens is 2. The number of fused-ring (bicyclic) bond motifs is 1. The fourth-order valence-electron chi connectivity index (χ4n) is 1.23. The van der Waals surface area contributed by atoms with Crippen LogP contribution in [0.15, 0.2) is 16.8 Å². The van der Waals surface area contributed by atoms with E-state index >= 15 is 0 Å². The molecule has 0 fully saturated rings. The number of rotatable bonds is 4. The van der Waals surface area contributed by atoms with Crippen molar-refractivity contribution in [1.82, 2.24) is 10.3 Å². The van der Waals surface area contributed by atoms with Crippen LogP contribution in [0.1, 0.15) is 6.42 Å². The van der Waals surface area contributed by atoms with Gasteiger partial charge in [-0.2, -0.15) is 0 Å². The van der Waals surface area contributed by atoms with Crippen molar-refractivity contribution < 1.29 is 14.5 Å². The van der Waals surface area contributed by atoms with Gasteiger partial charge in [0.05, 0.1) is 12.3 Å². The first kappa shape index (κ1) is 9.72. The molecule has 0 bridgehead atoms. The van der Waals surface area contributed by atoms with Crippen LogP contribution in [0.2, 0.25) is 0 Å². The van der Waals surface area contributed by atoms with E-state index in [1.165, 1.54) is 0 Å². The maximum atomic E-state index is 8.62. The topological polar surface area (TPSA) is 94.4 Å². The number of aliphatic hydroxyl groups is 1. The number of hydrogen-bond acceptors (Lipinski definition) is 6. The molecule has 2 aromatic rings. The molecule has 2 rings (SSSR count). The van der Waals surface area contributed by atoms with Crippen LogP contribution in [0.5, 0.6) is 5.75 Å². The van der Waals surface area contributed by atoms with E-state index in [2.05, 4.69) is 14.9 Å². The Morgan fingerprint density at radius 1 is 1.33 bits per heavy atom. The Hall–Kier alpha value is -1.82. The standard InChI is InChI=1S/C9H11N3O3/c10-6-2-3-7(14-5-1-4-13)9-8(6)11-15-12-9/h2-3,13H,1,4-5,10H2. The van der Waals surface area contributed by atoms with Crippen LogP contribution in [0.3, 0.4) is 0 Å². The first-order chi connectivity index (χ1) is 7.33. The summed E-state index contributed by atoms with van der Waals surface area (Å²) >= 11 is 0. The molecule has 6 nitrogen and oxygen atoms in total. The quantitative estimate of drug-likeness (QED) is 0.564. The summed E-state index contributed by atoms with van der Waals surface area (Å²) in [5.41, 5.74) is 7.17. The van der Waals surface area contributed by atoms with Gasteiger partial charge < -0.3 is 15.6 Å². The maximum Gasteiger partial charge on any atom is 0.179 e. The van der Waals surface area contributed by atoms with Crippen molar-refractivity contribution in [3.63, 3.8) is 0 Å². The summed E-state index contributed by atoms with van der Waals surface area (Å²) in [4.78, 5) is 0. The van der Waals surface area contributed by atoms with Crippen LogP contribution < -0.4 is 10.5 Å². The van der Waals surface area contributed by atoms with E-state index in [9.17, 15) is 0 Å². The molecule has 0 radical (unpaired) electrons. The minimum absolute atomic E-state index is 0.0924. The molecule has 15 heavy (non-hydrogen) atoms. The van der Waals surface area contributed by atoms with E-state index in [1.54, 1.807) is 12.1 Å². The number of benzene rings is 1. The second-order valence-electron chi connectivity index (χ2n) is 3.04. The number of ether oxygens (including phenoxy) is 1. The number of aliphatic hydroxyl groups excluding tert-OH is 1. The maximum absolute atomic E-state index is 8.62. The Morgan fingerprint density at radius 3 is 2.93 bits per heavy atom. The van der Waals surface area contributed by atoms with Gasteiger partial charge in [-0.05, 0) is 22.4 Å². The molecule has 0 saturated heterocycles. The van der Waals surface area contributed by atoms with Gasteiger partial charge in [0.1, 0.15) is 0 Å². The van der Waals surface area contributed by atoms with E-state index in [0.717, 1.165) is 0 Å². The molecular weight excluding hydrogens is 198 g/mol. The normalized spacial score (nSPS) is 10.7. The highest BCUT2D eigenvalue weighted by Crippen LogP contribution is 2.26. The molecule has 6 heteroatoms. The van der Waals surface area contributed by atoms with Gasteiger partial charge >= 0.3 is 0 Å². The molecule has 1 aromatic heterocycles. The Bertz CT molecular complexity index is 455. The smallest absolute Gasteiger partial charge is 0.179 e. The highest BCUT2D eigenvalue weighted by Gasteiger charge is 2.10. The Balaban J connectivity index is 2.27. The van der Waals surface area contributed by atoms with E-state index in [0.29, 0.717) is 35.5 Å². The van der Waals surface area contributed by atoms with Gasteiger partial charge in [-0.15, -0.1) is 0 Å². The molecule has 0 saturated carbocycles. The third-order valence-corrected chi connectivity index (χ3v) is 1.97. The molecule has 80 valence electrons. The molecule has 0 amide bonds. The summed E-state index contributed by atoms with van der Waals surface area (Å²) in [5, 5.41) is 16.0. The SMILES string of the molecule is Nc1ccc(OCCCO)c2nonc12. The molecule has 0 aliphatic carbocycles. The van der Waals surface area contributed by atoms with Gasteiger partial charge in [0.2, 0.25) is 0 Å². The van der Waals surface area contributed by atoms with Crippen LogP contribution in [-0.2, 0) is 0 Å². The van der Waals surface area contributed by atoms with E-state index in [4.69, 9.17) is 15.6 Å². The van der Waals surface area contributed by atoms with Gasteiger partial charge in [-0.25, -0.2) is 4.63 Å². The predicted octanol–water partition coefficient (Wildman–Crippen LogP) is 0.566. The lowest BCUT2D eigenvalue weighted by Crippen LogP contribution is -2.00. The van der Waals surface area contributed by atoms with Crippen molar-refractivity contribution in [3.8, 4) is 5.75 Å². The summed E-state index contributed by atoms with van der Waals surface area (Å²) < 4.78 is 9.98. The number of nitrogens with two attached hydrogens (primary N) is 1. The minimum Gasteiger partial charge on any atom is -0.491 e. The first-order valence-corrected chi connectivity index (χ1v) is 4.57. The Kier molecular flexibility index (Phi) is 2.68. The van der Waals surface area contributed by atoms with Crippen molar-refractivity contribution in [2.75, 3.05) is 18.9 Å². The summed E-state index contributed by atoms with van der Waals surface area (Å²) in [5.74, 6) is 0.564. The summed E-state index contributed by atoms with van der Waals surface area (Å²) in [6, 6.07) is 3.39. The van der Waals surface area contributed by atoms with Crippen LogP contribution >= 0.6 is 0 Å². The highest BCUT2D eigenvalue weighted by atomic mass is 16.6. The zero-order valence-corrected chi connectivity index (χ0v) is 8.01. The van der Waals surface area contributed by atoms with Crippen molar-refractivity contribution in [2.24, 2.45) is 0 Å². The number of nitrogen functional groups attached to an aromatic ring is 1. The van der Waals surface area contributed by atoms with Gasteiger partial charge in [-0.1, -0.05) is 0 Å². The lowest BCUT2D eigenvalue weighted by atomic mass is 10.2. The number of nitrogens with zero attached hydrogens (tertiary/aromatic N) is 2. The van der Waals surface area contributed by atoms with Gasteiger partial charge in [0.15, 0.2) is 16.8 Å². The molecule has 0 aliphatic heterocycles. The van der Waals surface area contributed by atoms with Gasteiger partial charge in [0, 0.05) is 13.0 Å². The van der Waals surface area contributed by atoms with E-state index in [-0.39, 0.29) is 6.61 Å². The summed E-state index contributed by atoms with van der Waals surface area (Å²) in [6.07, 6.45) is 0.567. The minimum atomic E-state index is 0.0924. The molecule has 3 N–H and O–H groups in total. The van der Waals surface area contributed by atoms with Gasteiger partial charge in [0.25, 0.3) is 0 Å². The zero-order chi connectivity index (χ0) is 10.7. The zero-order valence-electron chi connectivity index (χ0n) is 8.01. The van der Waals surface area contributed by atoms with E-state index < -0.39 is 0 Å². The van der Waals surface area contributed by atoms with Gasteiger partial charge in [-0.3, -0.25) is 0 Å². The monoisotopic (exact) mass is 209 g/mol. The lowest BCUT2D eigenvalue weighted by molar-refractivity contribution is 0.234. The molecule has 0 spiro atoms.